The fourth-order valence-electron chi connectivity index (χ4n) is 10.0. The number of hydrogen-bond acceptors (Lipinski definition) is 8. The molecule has 0 aromatic rings. The molecule has 1 heterocycles. The van der Waals surface area contributed by atoms with Gasteiger partial charge in [0.15, 0.2) is 6.29 Å². The summed E-state index contributed by atoms with van der Waals surface area (Å²) in [6.45, 7) is 3.67. The lowest BCUT2D eigenvalue weighted by atomic mass is 9.99. The van der Waals surface area contributed by atoms with E-state index in [1.165, 1.54) is 141 Å². The molecule has 1 saturated heterocycles. The predicted octanol–water partition coefficient (Wildman–Crippen LogP) is 18.2. The van der Waals surface area contributed by atoms with Crippen LogP contribution in [0, 0.1) is 0 Å². The topological polar surface area (TPSA) is 149 Å². The molecule has 82 heavy (non-hydrogen) atoms. The average molecular weight is 1140 g/mol. The molecule has 1 amide bonds. The van der Waals surface area contributed by atoms with Crippen molar-refractivity contribution in [1.29, 1.82) is 0 Å². The third-order valence-electron chi connectivity index (χ3n) is 15.3. The second-order valence-electron chi connectivity index (χ2n) is 22.9. The number of aliphatic hydroxyl groups is 5. The number of carbonyl (C=O) groups is 1. The molecule has 0 aromatic heterocycles. The lowest BCUT2D eigenvalue weighted by Gasteiger charge is -2.40. The maximum Gasteiger partial charge on any atom is 0.220 e. The van der Waals surface area contributed by atoms with Gasteiger partial charge in [-0.15, -0.1) is 0 Å². The van der Waals surface area contributed by atoms with Crippen LogP contribution in [0.2, 0.25) is 0 Å². The number of ether oxygens (including phenoxy) is 2. The molecule has 0 aromatic carbocycles. The van der Waals surface area contributed by atoms with E-state index in [2.05, 4.69) is 129 Å². The Morgan fingerprint density at radius 3 is 1.12 bits per heavy atom. The monoisotopic (exact) mass is 1140 g/mol. The maximum atomic E-state index is 13.1. The van der Waals surface area contributed by atoms with Gasteiger partial charge in [-0.2, -0.15) is 0 Å². The van der Waals surface area contributed by atoms with E-state index in [1.807, 2.05) is 6.08 Å². The highest BCUT2D eigenvalue weighted by molar-refractivity contribution is 5.76. The van der Waals surface area contributed by atoms with Crippen LogP contribution in [0.1, 0.15) is 277 Å². The van der Waals surface area contributed by atoms with Gasteiger partial charge in [-0.1, -0.05) is 302 Å². The molecular weight excluding hydrogens is 1020 g/mol. The Bertz CT molecular complexity index is 1710. The van der Waals surface area contributed by atoms with Crippen molar-refractivity contribution >= 4 is 5.91 Å². The van der Waals surface area contributed by atoms with Crippen molar-refractivity contribution in [2.24, 2.45) is 0 Å². The van der Waals surface area contributed by atoms with Crippen molar-refractivity contribution < 1.29 is 39.8 Å². The van der Waals surface area contributed by atoms with E-state index in [9.17, 15) is 30.3 Å². The highest BCUT2D eigenvalue weighted by atomic mass is 16.7. The molecule has 1 aliphatic heterocycles. The van der Waals surface area contributed by atoms with Crippen LogP contribution < -0.4 is 5.32 Å². The zero-order valence-corrected chi connectivity index (χ0v) is 52.5. The molecule has 1 rings (SSSR count). The van der Waals surface area contributed by atoms with E-state index < -0.39 is 49.5 Å². The summed E-state index contributed by atoms with van der Waals surface area (Å²) in [4.78, 5) is 13.1. The Kier molecular flexibility index (Phi) is 56.7. The second kappa shape index (κ2) is 60.7. The summed E-state index contributed by atoms with van der Waals surface area (Å²) in [6.07, 6.45) is 84.2. The minimum Gasteiger partial charge on any atom is -0.394 e. The minimum atomic E-state index is -1.58. The molecule has 0 aliphatic carbocycles. The van der Waals surface area contributed by atoms with Crippen molar-refractivity contribution in [2.75, 3.05) is 13.2 Å². The second-order valence-corrected chi connectivity index (χ2v) is 22.9. The number of nitrogens with one attached hydrogen (secondary N) is 1. The highest BCUT2D eigenvalue weighted by Crippen LogP contribution is 2.23. The van der Waals surface area contributed by atoms with E-state index in [4.69, 9.17) is 9.47 Å². The maximum absolute atomic E-state index is 13.1. The largest absolute Gasteiger partial charge is 0.394 e. The van der Waals surface area contributed by atoms with Crippen molar-refractivity contribution in [3.05, 3.63) is 122 Å². The summed E-state index contributed by atoms with van der Waals surface area (Å²) in [5.74, 6) is -0.198. The first kappa shape index (κ1) is 76.6. The zero-order chi connectivity index (χ0) is 59.3. The van der Waals surface area contributed by atoms with Crippen molar-refractivity contribution in [1.82, 2.24) is 5.32 Å². The Morgan fingerprint density at radius 2 is 0.756 bits per heavy atom. The molecule has 470 valence electrons. The lowest BCUT2D eigenvalue weighted by molar-refractivity contribution is -0.302. The van der Waals surface area contributed by atoms with Gasteiger partial charge in [0.05, 0.1) is 25.4 Å². The van der Waals surface area contributed by atoms with Gasteiger partial charge < -0.3 is 40.3 Å². The van der Waals surface area contributed by atoms with Gasteiger partial charge in [0.25, 0.3) is 0 Å². The Morgan fingerprint density at radius 1 is 0.427 bits per heavy atom. The van der Waals surface area contributed by atoms with Crippen molar-refractivity contribution in [3.8, 4) is 0 Å². The van der Waals surface area contributed by atoms with Gasteiger partial charge in [-0.3, -0.25) is 4.79 Å². The van der Waals surface area contributed by atoms with Crippen LogP contribution in [-0.4, -0.2) is 87.5 Å². The van der Waals surface area contributed by atoms with Crippen LogP contribution in [0.3, 0.4) is 0 Å². The molecule has 7 unspecified atom stereocenters. The summed E-state index contributed by atoms with van der Waals surface area (Å²) in [5, 5.41) is 54.7. The van der Waals surface area contributed by atoms with E-state index in [-0.39, 0.29) is 12.5 Å². The predicted molar refractivity (Wildman–Crippen MR) is 350 cm³/mol. The number of unbranched alkanes of at least 4 members (excludes halogenated alkanes) is 29. The number of hydrogen-bond donors (Lipinski definition) is 6. The summed E-state index contributed by atoms with van der Waals surface area (Å²) in [5.41, 5.74) is 0. The van der Waals surface area contributed by atoms with Gasteiger partial charge in [-0.05, 0) is 89.9 Å². The van der Waals surface area contributed by atoms with Crippen LogP contribution >= 0.6 is 0 Å². The summed E-state index contributed by atoms with van der Waals surface area (Å²) in [7, 11) is 0. The fourth-order valence-corrected chi connectivity index (χ4v) is 10.0. The van der Waals surface area contributed by atoms with Gasteiger partial charge >= 0.3 is 0 Å². The zero-order valence-electron chi connectivity index (χ0n) is 52.5. The average Bonchev–Trinajstić information content (AvgIpc) is 3.57. The van der Waals surface area contributed by atoms with Crippen molar-refractivity contribution in [2.45, 2.75) is 320 Å². The molecule has 9 nitrogen and oxygen atoms in total. The summed E-state index contributed by atoms with van der Waals surface area (Å²) >= 11 is 0. The SMILES string of the molecule is CC/C=C\C/C=C\C/C=C\C/C=C\C/C=C\C/C=C\C/C=C\C/C=C\C/C=C\CCCCCCCC(=O)NC(COC1OC(CO)C(O)C(O)C1O)C(O)/C=C/CCCCCCCCCCCCCCCCCCCCCCCCCC. The molecular formula is C73H125NO8. The van der Waals surface area contributed by atoms with Gasteiger partial charge in [-0.25, -0.2) is 0 Å². The minimum absolute atomic E-state index is 0.198. The number of amides is 1. The van der Waals surface area contributed by atoms with Gasteiger partial charge in [0.2, 0.25) is 5.91 Å². The smallest absolute Gasteiger partial charge is 0.220 e. The van der Waals surface area contributed by atoms with E-state index in [0.717, 1.165) is 116 Å². The van der Waals surface area contributed by atoms with Crippen LogP contribution in [0.15, 0.2) is 122 Å². The Hall–Kier alpha value is -3.41. The third-order valence-corrected chi connectivity index (χ3v) is 15.3. The first-order chi connectivity index (χ1) is 40.3. The van der Waals surface area contributed by atoms with Crippen LogP contribution in [0.4, 0.5) is 0 Å². The quantitative estimate of drug-likeness (QED) is 0.0261. The number of rotatable bonds is 57. The molecule has 0 spiro atoms. The number of allylic oxidation sites excluding steroid dienone is 19. The van der Waals surface area contributed by atoms with Crippen LogP contribution in [0.25, 0.3) is 0 Å². The summed E-state index contributed by atoms with van der Waals surface area (Å²) < 4.78 is 11.3. The first-order valence-electron chi connectivity index (χ1n) is 33.8. The number of aliphatic hydroxyl groups excluding tert-OH is 5. The molecule has 6 N–H and O–H groups in total. The fraction of sp³-hybridized carbons (Fsp3) is 0.712. The van der Waals surface area contributed by atoms with Crippen LogP contribution in [-0.2, 0) is 14.3 Å². The molecule has 9 heteroatoms. The molecule has 0 bridgehead atoms. The normalized spacial score (nSPS) is 19.1. The van der Waals surface area contributed by atoms with E-state index in [1.54, 1.807) is 6.08 Å². The summed E-state index contributed by atoms with van der Waals surface area (Å²) in [6, 6.07) is -0.826. The Labute approximate surface area is 503 Å². The lowest BCUT2D eigenvalue weighted by Crippen LogP contribution is -2.60. The molecule has 0 saturated carbocycles. The van der Waals surface area contributed by atoms with E-state index in [0.29, 0.717) is 6.42 Å². The van der Waals surface area contributed by atoms with Crippen LogP contribution in [0.5, 0.6) is 0 Å². The highest BCUT2D eigenvalue weighted by Gasteiger charge is 2.44. The molecule has 1 aliphatic rings. The van der Waals surface area contributed by atoms with Gasteiger partial charge in [0, 0.05) is 6.42 Å². The van der Waals surface area contributed by atoms with E-state index >= 15 is 0 Å². The van der Waals surface area contributed by atoms with Gasteiger partial charge in [0.1, 0.15) is 24.4 Å². The molecule has 1 fully saturated rings. The number of carbonyl (C=O) groups excluding carboxylic acids is 1. The molecule has 7 atom stereocenters. The first-order valence-corrected chi connectivity index (χ1v) is 33.8. The van der Waals surface area contributed by atoms with Crippen molar-refractivity contribution in [3.63, 3.8) is 0 Å². The standard InChI is InChI=1S/C73H125NO8/c1-3-5-7-9-11-13-15-17-19-21-23-25-27-29-31-32-33-34-35-36-37-39-41-43-45-47-49-51-53-55-57-59-61-63-69(77)74-66(65-81-73-72(80)71(79)70(78)68(64-75)82-73)67(76)62-60-58-56-54-52-50-48-46-44-42-40-38-30-28-26-24-22-20-18-16-14-12-10-8-6-4-2/h5,7,11,13,17,19,23,25,29,31,33-34,36-37,41,43,47,49,60,62,66-68,70-73,75-76,78-80H,3-4,6,8-10,12,14-16,18,20-22,24,26-28,30,32,35,38-40,42,44-46,48,50-59,61,63-65H2,1-2H3,(H,74,77)/b7-5-,13-11-,19-17-,25-23-,31-29-,34-33-,37-36-,43-41-,49-47-,62-60+. The Balaban J connectivity index is 2.21. The molecule has 0 radical (unpaired) electrons. The third kappa shape index (κ3) is 48.9.